The second kappa shape index (κ2) is 6.40. The second-order valence-electron chi connectivity index (χ2n) is 5.92. The van der Waals surface area contributed by atoms with Gasteiger partial charge in [0.1, 0.15) is 17.4 Å². The number of rotatable bonds is 4. The van der Waals surface area contributed by atoms with Gasteiger partial charge in [0.25, 0.3) is 5.91 Å². The summed E-state index contributed by atoms with van der Waals surface area (Å²) in [6, 6.07) is 5.82. The highest BCUT2D eigenvalue weighted by molar-refractivity contribution is 5.78. The number of carbonyl (C=O) groups is 1. The van der Waals surface area contributed by atoms with Gasteiger partial charge in [0, 0.05) is 38.3 Å². The minimum absolute atomic E-state index is 0.0736. The van der Waals surface area contributed by atoms with E-state index in [4.69, 9.17) is 4.74 Å². The number of nitrogens with zero attached hydrogens (tertiary/aromatic N) is 3. The molecule has 0 aliphatic carbocycles. The predicted molar refractivity (Wildman–Crippen MR) is 83.8 cm³/mol. The number of aryl methyl sites for hydroxylation is 2. The maximum atomic E-state index is 13.1. The quantitative estimate of drug-likeness (QED) is 0.869. The maximum absolute atomic E-state index is 13.1. The lowest BCUT2D eigenvalue weighted by Crippen LogP contribution is -2.33. The number of carbonyl (C=O) groups excluding carboxylic acids is 1. The Morgan fingerprint density at radius 3 is 3.00 bits per heavy atom. The number of hydrogen-bond donors (Lipinski definition) is 0. The molecule has 1 fully saturated rings. The Kier molecular flexibility index (Phi) is 4.32. The number of ether oxygens (including phenoxy) is 1. The van der Waals surface area contributed by atoms with Crippen molar-refractivity contribution >= 4 is 5.91 Å². The van der Waals surface area contributed by atoms with E-state index < -0.39 is 0 Å². The average Bonchev–Trinajstić information content (AvgIpc) is 3.11. The summed E-state index contributed by atoms with van der Waals surface area (Å²) in [4.78, 5) is 18.6. The smallest absolute Gasteiger partial charge is 0.260 e. The Bertz CT molecular complexity index is 714. The fourth-order valence-corrected chi connectivity index (χ4v) is 3.00. The van der Waals surface area contributed by atoms with Gasteiger partial charge >= 0.3 is 0 Å². The summed E-state index contributed by atoms with van der Waals surface area (Å²) >= 11 is 0. The standard InChI is InChI=1S/C17H20FN3O2/c1-12-9-20(2)17(19-12)13-6-7-21(10-13)16(22)11-23-15-5-3-4-14(18)8-15/h3-5,8-9,13H,6-7,10-11H2,1-2H3. The molecule has 0 bridgehead atoms. The van der Waals surface area contributed by atoms with Crippen LogP contribution in [0.1, 0.15) is 23.9 Å². The molecule has 0 saturated carbocycles. The van der Waals surface area contributed by atoms with E-state index in [1.54, 1.807) is 17.0 Å². The lowest BCUT2D eigenvalue weighted by Gasteiger charge is -2.17. The molecule has 5 nitrogen and oxygen atoms in total. The van der Waals surface area contributed by atoms with Gasteiger partial charge in [0.05, 0.1) is 5.69 Å². The predicted octanol–water partition coefficient (Wildman–Crippen LogP) is 2.26. The van der Waals surface area contributed by atoms with Crippen LogP contribution in [0.4, 0.5) is 4.39 Å². The number of benzene rings is 1. The van der Waals surface area contributed by atoms with Gasteiger partial charge in [0.2, 0.25) is 0 Å². The molecule has 122 valence electrons. The highest BCUT2D eigenvalue weighted by atomic mass is 19.1. The number of imidazole rings is 1. The van der Waals surface area contributed by atoms with Crippen LogP contribution in [0.5, 0.6) is 5.75 Å². The Morgan fingerprint density at radius 2 is 2.30 bits per heavy atom. The number of amides is 1. The van der Waals surface area contributed by atoms with Gasteiger partial charge in [-0.05, 0) is 25.5 Å². The topological polar surface area (TPSA) is 47.4 Å². The van der Waals surface area contributed by atoms with Crippen molar-refractivity contribution in [2.75, 3.05) is 19.7 Å². The van der Waals surface area contributed by atoms with Gasteiger partial charge in [-0.1, -0.05) is 6.07 Å². The van der Waals surface area contributed by atoms with E-state index in [9.17, 15) is 9.18 Å². The summed E-state index contributed by atoms with van der Waals surface area (Å²) in [7, 11) is 1.98. The van der Waals surface area contributed by atoms with E-state index in [1.807, 2.05) is 24.7 Å². The lowest BCUT2D eigenvalue weighted by molar-refractivity contribution is -0.132. The van der Waals surface area contributed by atoms with Crippen molar-refractivity contribution in [3.05, 3.63) is 47.8 Å². The first kappa shape index (κ1) is 15.5. The molecule has 2 aromatic rings. The molecule has 1 aliphatic heterocycles. The van der Waals surface area contributed by atoms with Crippen LogP contribution in [0, 0.1) is 12.7 Å². The van der Waals surface area contributed by atoms with E-state index in [0.29, 0.717) is 18.8 Å². The van der Waals surface area contributed by atoms with Crippen molar-refractivity contribution in [1.29, 1.82) is 0 Å². The van der Waals surface area contributed by atoms with Gasteiger partial charge in [0.15, 0.2) is 6.61 Å². The first-order valence-corrected chi connectivity index (χ1v) is 7.69. The van der Waals surface area contributed by atoms with Gasteiger partial charge in [-0.25, -0.2) is 9.37 Å². The van der Waals surface area contributed by atoms with E-state index in [2.05, 4.69) is 4.98 Å². The molecule has 1 aliphatic rings. The second-order valence-corrected chi connectivity index (χ2v) is 5.92. The summed E-state index contributed by atoms with van der Waals surface area (Å²) < 4.78 is 20.5. The van der Waals surface area contributed by atoms with Crippen LogP contribution in [-0.4, -0.2) is 40.1 Å². The Hall–Kier alpha value is -2.37. The highest BCUT2D eigenvalue weighted by Gasteiger charge is 2.30. The van der Waals surface area contributed by atoms with Crippen LogP contribution in [0.25, 0.3) is 0 Å². The zero-order chi connectivity index (χ0) is 16.4. The molecular formula is C17H20FN3O2. The van der Waals surface area contributed by atoms with Crippen molar-refractivity contribution in [2.24, 2.45) is 7.05 Å². The van der Waals surface area contributed by atoms with Crippen molar-refractivity contribution in [1.82, 2.24) is 14.5 Å². The number of likely N-dealkylation sites (tertiary alicyclic amines) is 1. The largest absolute Gasteiger partial charge is 0.484 e. The molecule has 23 heavy (non-hydrogen) atoms. The molecule has 0 spiro atoms. The van der Waals surface area contributed by atoms with Crippen molar-refractivity contribution in [3.63, 3.8) is 0 Å². The van der Waals surface area contributed by atoms with E-state index in [-0.39, 0.29) is 24.2 Å². The van der Waals surface area contributed by atoms with Crippen LogP contribution in [0.3, 0.4) is 0 Å². The summed E-state index contributed by atoms with van der Waals surface area (Å²) in [5.41, 5.74) is 0.988. The van der Waals surface area contributed by atoms with E-state index in [0.717, 1.165) is 17.9 Å². The van der Waals surface area contributed by atoms with Crippen LogP contribution in [-0.2, 0) is 11.8 Å². The third-order valence-electron chi connectivity index (χ3n) is 4.10. The Balaban J connectivity index is 1.56. The monoisotopic (exact) mass is 317 g/mol. The minimum atomic E-state index is -0.374. The molecule has 1 unspecified atom stereocenters. The van der Waals surface area contributed by atoms with Crippen LogP contribution >= 0.6 is 0 Å². The van der Waals surface area contributed by atoms with Crippen molar-refractivity contribution in [3.8, 4) is 5.75 Å². The SMILES string of the molecule is Cc1cn(C)c(C2CCN(C(=O)COc3cccc(F)c3)C2)n1. The first-order chi connectivity index (χ1) is 11.0. The molecule has 0 radical (unpaired) electrons. The van der Waals surface area contributed by atoms with Gasteiger partial charge in [-0.2, -0.15) is 0 Å². The average molecular weight is 317 g/mol. The molecule has 1 aromatic carbocycles. The van der Waals surface area contributed by atoms with Gasteiger partial charge in [-0.3, -0.25) is 4.79 Å². The molecule has 1 saturated heterocycles. The third-order valence-corrected chi connectivity index (χ3v) is 4.10. The lowest BCUT2D eigenvalue weighted by atomic mass is 10.1. The minimum Gasteiger partial charge on any atom is -0.484 e. The molecule has 1 amide bonds. The Morgan fingerprint density at radius 1 is 1.48 bits per heavy atom. The summed E-state index contributed by atoms with van der Waals surface area (Å²) in [6.07, 6.45) is 2.89. The summed E-state index contributed by atoms with van der Waals surface area (Å²) in [6.45, 7) is 3.24. The van der Waals surface area contributed by atoms with Crippen molar-refractivity contribution in [2.45, 2.75) is 19.3 Å². The molecule has 1 atom stereocenters. The molecule has 1 aromatic heterocycles. The fourth-order valence-electron chi connectivity index (χ4n) is 3.00. The number of aromatic nitrogens is 2. The molecule has 0 N–H and O–H groups in total. The number of hydrogen-bond acceptors (Lipinski definition) is 3. The summed E-state index contributed by atoms with van der Waals surface area (Å²) in [5, 5.41) is 0. The molecule has 6 heteroatoms. The van der Waals surface area contributed by atoms with Crippen molar-refractivity contribution < 1.29 is 13.9 Å². The van der Waals surface area contributed by atoms with Gasteiger partial charge in [-0.15, -0.1) is 0 Å². The normalized spacial score (nSPS) is 17.5. The third kappa shape index (κ3) is 3.52. The number of halogens is 1. The molecular weight excluding hydrogens is 297 g/mol. The zero-order valence-electron chi connectivity index (χ0n) is 13.3. The van der Waals surface area contributed by atoms with Crippen LogP contribution in [0.2, 0.25) is 0 Å². The maximum Gasteiger partial charge on any atom is 0.260 e. The Labute approximate surface area is 134 Å². The summed E-state index contributed by atoms with van der Waals surface area (Å²) in [5.74, 6) is 1.19. The van der Waals surface area contributed by atoms with E-state index >= 15 is 0 Å². The molecule has 2 heterocycles. The van der Waals surface area contributed by atoms with Gasteiger partial charge < -0.3 is 14.2 Å². The first-order valence-electron chi connectivity index (χ1n) is 7.69. The van der Waals surface area contributed by atoms with Crippen LogP contribution in [0.15, 0.2) is 30.5 Å². The van der Waals surface area contributed by atoms with E-state index in [1.165, 1.54) is 12.1 Å². The molecule has 3 rings (SSSR count). The van der Waals surface area contributed by atoms with Crippen LogP contribution < -0.4 is 4.74 Å². The zero-order valence-corrected chi connectivity index (χ0v) is 13.3. The highest BCUT2D eigenvalue weighted by Crippen LogP contribution is 2.26. The fraction of sp³-hybridized carbons (Fsp3) is 0.412.